The molecule has 0 aliphatic carbocycles. The van der Waals surface area contributed by atoms with Gasteiger partial charge in [-0.25, -0.2) is 0 Å². The van der Waals surface area contributed by atoms with Crippen LogP contribution < -0.4 is 0 Å². The highest BCUT2D eigenvalue weighted by atomic mass is 16.6. The van der Waals surface area contributed by atoms with Crippen LogP contribution in [0.25, 0.3) is 32.7 Å². The summed E-state index contributed by atoms with van der Waals surface area (Å²) >= 11 is 0. The fourth-order valence-corrected chi connectivity index (χ4v) is 5.36. The van der Waals surface area contributed by atoms with Gasteiger partial charge in [0.05, 0.1) is 54.3 Å². The fraction of sp³-hybridized carbons (Fsp3) is 0. The Morgan fingerprint density at radius 3 is 1.23 bits per heavy atom. The number of hydrogen-bond acceptors (Lipinski definition) is 10. The zero-order valence-electron chi connectivity index (χ0n) is 24.5. The predicted octanol–water partition coefficient (Wildman–Crippen LogP) is 8.79. The van der Waals surface area contributed by atoms with Crippen LogP contribution in [0.1, 0.15) is 11.1 Å². The number of non-ortho nitro benzene ring substituents is 2. The van der Waals surface area contributed by atoms with Gasteiger partial charge in [-0.2, -0.15) is 0 Å². The molecule has 14 nitrogen and oxygen atoms in total. The van der Waals surface area contributed by atoms with Crippen LogP contribution in [-0.4, -0.2) is 32.1 Å². The van der Waals surface area contributed by atoms with Gasteiger partial charge in [0.25, 0.3) is 22.7 Å². The average Bonchev–Trinajstić information content (AvgIpc) is 3.09. The van der Waals surface area contributed by atoms with E-state index >= 15 is 0 Å². The summed E-state index contributed by atoms with van der Waals surface area (Å²) < 4.78 is 0. The molecule has 0 saturated carbocycles. The van der Waals surface area contributed by atoms with Gasteiger partial charge in [0.1, 0.15) is 0 Å². The Bertz CT molecular complexity index is 2220. The van der Waals surface area contributed by atoms with Gasteiger partial charge in [-0.1, -0.05) is 60.7 Å². The number of nitro benzene ring substituents is 4. The summed E-state index contributed by atoms with van der Waals surface area (Å²) in [6.45, 7) is 0. The Morgan fingerprint density at radius 1 is 0.458 bits per heavy atom. The van der Waals surface area contributed by atoms with Crippen molar-refractivity contribution in [2.24, 2.45) is 9.98 Å². The molecule has 0 bridgehead atoms. The molecule has 0 aliphatic heterocycles. The maximum Gasteiger partial charge on any atom is 0.285 e. The van der Waals surface area contributed by atoms with E-state index in [1.165, 1.54) is 24.6 Å². The summed E-state index contributed by atoms with van der Waals surface area (Å²) in [5.41, 5.74) is 0.259. The highest BCUT2D eigenvalue weighted by molar-refractivity contribution is 6.13. The monoisotopic (exact) mass is 640 g/mol. The van der Waals surface area contributed by atoms with Crippen LogP contribution in [0.15, 0.2) is 119 Å². The number of hydrogen-bond donors (Lipinski definition) is 0. The zero-order valence-corrected chi connectivity index (χ0v) is 24.5. The van der Waals surface area contributed by atoms with Gasteiger partial charge in [-0.3, -0.25) is 50.4 Å². The maximum atomic E-state index is 11.8. The molecule has 0 heterocycles. The lowest BCUT2D eigenvalue weighted by Gasteiger charge is -2.16. The third-order valence-electron chi connectivity index (χ3n) is 7.59. The molecule has 48 heavy (non-hydrogen) atoms. The first-order valence-corrected chi connectivity index (χ1v) is 14.1. The molecule has 0 N–H and O–H groups in total. The molecule has 0 fully saturated rings. The Hall–Kier alpha value is -7.22. The molecule has 6 aromatic carbocycles. The van der Waals surface area contributed by atoms with Gasteiger partial charge in [0.15, 0.2) is 0 Å². The van der Waals surface area contributed by atoms with Crippen LogP contribution in [0.5, 0.6) is 0 Å². The summed E-state index contributed by atoms with van der Waals surface area (Å²) in [4.78, 5) is 52.5. The first kappa shape index (κ1) is 30.8. The van der Waals surface area contributed by atoms with Crippen LogP contribution in [-0.2, 0) is 0 Å². The van der Waals surface area contributed by atoms with Gasteiger partial charge in [0.2, 0.25) is 0 Å². The van der Waals surface area contributed by atoms with Crippen LogP contribution in [0, 0.1) is 40.5 Å². The second-order valence-corrected chi connectivity index (χ2v) is 10.4. The average molecular weight is 641 g/mol. The lowest BCUT2D eigenvalue weighted by atomic mass is 9.91. The van der Waals surface area contributed by atoms with Crippen molar-refractivity contribution in [2.75, 3.05) is 0 Å². The largest absolute Gasteiger partial charge is 0.285 e. The summed E-state index contributed by atoms with van der Waals surface area (Å²) in [5.74, 6) is 0. The van der Waals surface area contributed by atoms with Crippen molar-refractivity contribution in [2.45, 2.75) is 0 Å². The fourth-order valence-electron chi connectivity index (χ4n) is 5.36. The van der Waals surface area contributed by atoms with E-state index in [9.17, 15) is 40.5 Å². The van der Waals surface area contributed by atoms with Gasteiger partial charge >= 0.3 is 0 Å². The van der Waals surface area contributed by atoms with E-state index in [0.717, 1.165) is 45.8 Å². The van der Waals surface area contributed by atoms with Crippen LogP contribution in [0.3, 0.4) is 0 Å². The number of benzene rings is 6. The summed E-state index contributed by atoms with van der Waals surface area (Å²) in [6, 6.07) is 28.7. The van der Waals surface area contributed by atoms with Gasteiger partial charge in [-0.15, -0.1) is 0 Å². The minimum Gasteiger partial charge on any atom is -0.258 e. The number of fused-ring (bicyclic) bond motifs is 2. The lowest BCUT2D eigenvalue weighted by molar-refractivity contribution is -0.394. The lowest BCUT2D eigenvalue weighted by Crippen LogP contribution is -1.97. The van der Waals surface area contributed by atoms with Crippen LogP contribution >= 0.6 is 0 Å². The van der Waals surface area contributed by atoms with Crippen LogP contribution in [0.2, 0.25) is 0 Å². The maximum absolute atomic E-state index is 11.8. The zero-order chi connectivity index (χ0) is 33.9. The Kier molecular flexibility index (Phi) is 8.11. The second-order valence-electron chi connectivity index (χ2n) is 10.4. The number of rotatable bonds is 9. The first-order chi connectivity index (χ1) is 23.1. The minimum atomic E-state index is -0.719. The van der Waals surface area contributed by atoms with Crippen molar-refractivity contribution in [1.82, 2.24) is 0 Å². The number of aliphatic imine (C=N–C) groups is 2. The predicted molar refractivity (Wildman–Crippen MR) is 181 cm³/mol. The van der Waals surface area contributed by atoms with E-state index in [1.807, 2.05) is 60.7 Å². The van der Waals surface area contributed by atoms with Crippen LogP contribution in [0.4, 0.5) is 34.1 Å². The van der Waals surface area contributed by atoms with Crippen molar-refractivity contribution in [1.29, 1.82) is 0 Å². The molecule has 14 heteroatoms. The Morgan fingerprint density at radius 2 is 0.854 bits per heavy atom. The summed E-state index contributed by atoms with van der Waals surface area (Å²) in [6.07, 6.45) is 2.54. The van der Waals surface area contributed by atoms with E-state index in [4.69, 9.17) is 0 Å². The van der Waals surface area contributed by atoms with E-state index in [2.05, 4.69) is 9.98 Å². The smallest absolute Gasteiger partial charge is 0.258 e. The third kappa shape index (κ3) is 5.91. The highest BCUT2D eigenvalue weighted by Gasteiger charge is 2.21. The molecule has 0 amide bonds. The van der Waals surface area contributed by atoms with Crippen molar-refractivity contribution in [3.05, 3.63) is 161 Å². The molecule has 0 saturated heterocycles. The molecule has 234 valence electrons. The number of nitro groups is 4. The molecule has 0 aromatic heterocycles. The first-order valence-electron chi connectivity index (χ1n) is 14.1. The Balaban J connectivity index is 1.59. The summed E-state index contributed by atoms with van der Waals surface area (Å²) in [5, 5.41) is 49.3. The third-order valence-corrected chi connectivity index (χ3v) is 7.59. The van der Waals surface area contributed by atoms with E-state index < -0.39 is 42.4 Å². The highest BCUT2D eigenvalue weighted by Crippen LogP contribution is 2.45. The van der Waals surface area contributed by atoms with E-state index in [0.29, 0.717) is 22.5 Å². The molecular weight excluding hydrogens is 620 g/mol. The Labute approximate surface area is 269 Å². The molecule has 0 spiro atoms. The molecule has 0 radical (unpaired) electrons. The SMILES string of the molecule is O=[N+]([O-])c1ccc(C=Nc2ccc3ccccc3c2-c2c(N=Cc3ccc([N+](=O)[O-])cc3[N+](=O)[O-])ccc3ccccc23)c([N+](=O)[O-])c1. The molecule has 0 atom stereocenters. The van der Waals surface area contributed by atoms with Gasteiger partial charge < -0.3 is 0 Å². The standard InChI is InChI=1S/C34H20N6O8/c41-37(42)25-13-9-23(31(17-25)39(45)46)19-35-29-15-11-21-5-1-3-7-27(21)33(29)34-28-8-4-2-6-22(28)12-16-30(34)36-20-24-10-14-26(38(43)44)18-32(24)40(47)48/h1-20H. The topological polar surface area (TPSA) is 197 Å². The van der Waals surface area contributed by atoms with E-state index in [1.54, 1.807) is 12.1 Å². The molecule has 0 unspecified atom stereocenters. The number of nitrogens with zero attached hydrogens (tertiary/aromatic N) is 6. The molecular formula is C34H20N6O8. The van der Waals surface area contributed by atoms with Crippen molar-refractivity contribution in [3.8, 4) is 11.1 Å². The van der Waals surface area contributed by atoms with Gasteiger partial charge in [-0.05, 0) is 45.8 Å². The summed E-state index contributed by atoms with van der Waals surface area (Å²) in [7, 11) is 0. The van der Waals surface area contributed by atoms with Crippen molar-refractivity contribution < 1.29 is 19.7 Å². The molecule has 0 aliphatic rings. The quantitative estimate of drug-likeness (QED) is 0.0848. The minimum absolute atomic E-state index is 0.0475. The van der Waals surface area contributed by atoms with Crippen molar-refractivity contribution in [3.63, 3.8) is 0 Å². The van der Waals surface area contributed by atoms with Gasteiger partial charge in [0, 0.05) is 35.7 Å². The van der Waals surface area contributed by atoms with Crippen molar-refractivity contribution >= 4 is 68.1 Å². The normalized spacial score (nSPS) is 11.4. The second kappa shape index (κ2) is 12.6. The molecule has 6 rings (SSSR count). The molecule has 6 aromatic rings. The van der Waals surface area contributed by atoms with E-state index in [-0.39, 0.29) is 11.1 Å².